The molecular formula is C30H22F7N5O2. The number of fused-ring (bicyclic) bond motifs is 1. The maximum absolute atomic E-state index is 14.7. The van der Waals surface area contributed by atoms with Crippen molar-refractivity contribution in [3.63, 3.8) is 0 Å². The van der Waals surface area contributed by atoms with Gasteiger partial charge in [0.05, 0.1) is 22.2 Å². The summed E-state index contributed by atoms with van der Waals surface area (Å²) < 4.78 is 99.3. The highest BCUT2D eigenvalue weighted by Gasteiger charge is 2.25. The van der Waals surface area contributed by atoms with E-state index >= 15 is 0 Å². The van der Waals surface area contributed by atoms with Crippen LogP contribution in [0.25, 0.3) is 33.4 Å². The predicted molar refractivity (Wildman–Crippen MR) is 149 cm³/mol. The molecule has 2 aromatic carbocycles. The Bertz CT molecular complexity index is 2030. The topological polar surface area (TPSA) is 81.8 Å². The van der Waals surface area contributed by atoms with Crippen LogP contribution in [0.15, 0.2) is 64.6 Å². The maximum atomic E-state index is 14.7. The zero-order valence-corrected chi connectivity index (χ0v) is 23.2. The van der Waals surface area contributed by atoms with E-state index in [2.05, 4.69) is 15.3 Å². The molecule has 44 heavy (non-hydrogen) atoms. The Morgan fingerprint density at radius 3 is 2.11 bits per heavy atom. The van der Waals surface area contributed by atoms with Crippen LogP contribution in [0.4, 0.5) is 36.4 Å². The SMILES string of the molecule is C[C@@H](Nc1ccc(F)c(F)c1C(F)F)c1cc(F)cc2c(=O)n(C)c(-c3cnc(-c4ccn(C)c(=O)c4C(F)F)nc3)cc12. The monoisotopic (exact) mass is 617 g/mol. The second-order valence-corrected chi connectivity index (χ2v) is 9.99. The lowest BCUT2D eigenvalue weighted by Crippen LogP contribution is -2.22. The van der Waals surface area contributed by atoms with Gasteiger partial charge in [0, 0.05) is 55.5 Å². The van der Waals surface area contributed by atoms with Crippen molar-refractivity contribution in [2.24, 2.45) is 14.1 Å². The zero-order chi connectivity index (χ0) is 32.0. The summed E-state index contributed by atoms with van der Waals surface area (Å²) in [6.45, 7) is 1.46. The first-order valence-corrected chi connectivity index (χ1v) is 13.0. The van der Waals surface area contributed by atoms with E-state index in [9.17, 15) is 40.3 Å². The van der Waals surface area contributed by atoms with Crippen LogP contribution in [-0.4, -0.2) is 19.1 Å². The zero-order valence-electron chi connectivity index (χ0n) is 23.2. The number of nitrogens with one attached hydrogen (secondary N) is 1. The van der Waals surface area contributed by atoms with Gasteiger partial charge in [0.25, 0.3) is 24.0 Å². The molecule has 5 aromatic rings. The molecule has 14 heteroatoms. The molecule has 0 radical (unpaired) electrons. The summed E-state index contributed by atoms with van der Waals surface area (Å²) >= 11 is 0. The number of alkyl halides is 4. The average molecular weight is 618 g/mol. The highest BCUT2D eigenvalue weighted by Crippen LogP contribution is 2.35. The van der Waals surface area contributed by atoms with Crippen LogP contribution in [0.3, 0.4) is 0 Å². The lowest BCUT2D eigenvalue weighted by atomic mass is 9.98. The van der Waals surface area contributed by atoms with Crippen molar-refractivity contribution in [3.8, 4) is 22.6 Å². The van der Waals surface area contributed by atoms with Gasteiger partial charge in [-0.1, -0.05) is 0 Å². The number of benzene rings is 2. The Morgan fingerprint density at radius 2 is 1.48 bits per heavy atom. The van der Waals surface area contributed by atoms with E-state index in [1.165, 1.54) is 56.3 Å². The number of anilines is 1. The van der Waals surface area contributed by atoms with Gasteiger partial charge in [-0.15, -0.1) is 0 Å². The fraction of sp³-hybridized carbons (Fsp3) is 0.200. The molecule has 0 saturated carbocycles. The molecule has 0 bridgehead atoms. The van der Waals surface area contributed by atoms with Crippen LogP contribution in [0.5, 0.6) is 0 Å². The minimum atomic E-state index is -3.36. The molecular weight excluding hydrogens is 595 g/mol. The van der Waals surface area contributed by atoms with Crippen LogP contribution < -0.4 is 16.4 Å². The molecule has 0 aliphatic rings. The smallest absolute Gasteiger partial charge is 0.269 e. The number of rotatable bonds is 7. The van der Waals surface area contributed by atoms with Gasteiger partial charge in [-0.05, 0) is 54.3 Å². The molecule has 0 aliphatic heterocycles. The third-order valence-electron chi connectivity index (χ3n) is 7.26. The van der Waals surface area contributed by atoms with Gasteiger partial charge in [-0.2, -0.15) is 0 Å². The fourth-order valence-electron chi connectivity index (χ4n) is 5.01. The van der Waals surface area contributed by atoms with Gasteiger partial charge >= 0.3 is 0 Å². The van der Waals surface area contributed by atoms with Gasteiger partial charge in [0.2, 0.25) is 0 Å². The Labute approximate surface area is 244 Å². The van der Waals surface area contributed by atoms with Gasteiger partial charge < -0.3 is 14.5 Å². The normalized spacial score (nSPS) is 12.4. The van der Waals surface area contributed by atoms with E-state index in [1.54, 1.807) is 0 Å². The van der Waals surface area contributed by atoms with Crippen LogP contribution in [-0.2, 0) is 14.1 Å². The summed E-state index contributed by atoms with van der Waals surface area (Å²) in [5.41, 5.74) is -3.47. The first kappa shape index (κ1) is 30.4. The number of nitrogens with zero attached hydrogens (tertiary/aromatic N) is 4. The van der Waals surface area contributed by atoms with Crippen molar-refractivity contribution in [2.75, 3.05) is 5.32 Å². The summed E-state index contributed by atoms with van der Waals surface area (Å²) in [6, 6.07) is 5.49. The van der Waals surface area contributed by atoms with Crippen molar-refractivity contribution < 1.29 is 30.7 Å². The van der Waals surface area contributed by atoms with Gasteiger partial charge in [0.1, 0.15) is 5.82 Å². The van der Waals surface area contributed by atoms with Gasteiger partial charge in [-0.3, -0.25) is 9.59 Å². The lowest BCUT2D eigenvalue weighted by molar-refractivity contribution is 0.146. The third kappa shape index (κ3) is 5.31. The largest absolute Gasteiger partial charge is 0.378 e. The van der Waals surface area contributed by atoms with Crippen LogP contribution in [0, 0.1) is 17.5 Å². The number of aryl methyl sites for hydroxylation is 1. The lowest BCUT2D eigenvalue weighted by Gasteiger charge is -2.21. The summed E-state index contributed by atoms with van der Waals surface area (Å²) in [7, 11) is 2.73. The summed E-state index contributed by atoms with van der Waals surface area (Å²) in [5.74, 6) is -4.15. The molecule has 1 N–H and O–H groups in total. The van der Waals surface area contributed by atoms with Crippen LogP contribution >= 0.6 is 0 Å². The Balaban J connectivity index is 1.61. The second kappa shape index (κ2) is 11.6. The molecule has 0 unspecified atom stereocenters. The van der Waals surface area contributed by atoms with Crippen molar-refractivity contribution in [1.29, 1.82) is 0 Å². The molecule has 0 aliphatic carbocycles. The van der Waals surface area contributed by atoms with Crippen molar-refractivity contribution in [2.45, 2.75) is 25.8 Å². The Morgan fingerprint density at radius 1 is 0.818 bits per heavy atom. The average Bonchev–Trinajstić information content (AvgIpc) is 2.97. The number of halogens is 7. The molecule has 1 atom stereocenters. The number of aromatic nitrogens is 4. The maximum Gasteiger partial charge on any atom is 0.269 e. The summed E-state index contributed by atoms with van der Waals surface area (Å²) in [5, 5.41) is 2.81. The van der Waals surface area contributed by atoms with Gasteiger partial charge in [-0.25, -0.2) is 40.7 Å². The van der Waals surface area contributed by atoms with Gasteiger partial charge in [0.15, 0.2) is 17.5 Å². The molecule has 3 heterocycles. The summed E-state index contributed by atoms with van der Waals surface area (Å²) in [6.07, 6.45) is -2.63. The molecule has 5 rings (SSSR count). The van der Waals surface area contributed by atoms with Crippen molar-refractivity contribution in [3.05, 3.63) is 110 Å². The van der Waals surface area contributed by atoms with E-state index < -0.39 is 64.3 Å². The highest BCUT2D eigenvalue weighted by molar-refractivity contribution is 5.89. The van der Waals surface area contributed by atoms with Crippen molar-refractivity contribution >= 4 is 16.5 Å². The minimum absolute atomic E-state index is 0.0569. The quantitative estimate of drug-likeness (QED) is 0.203. The van der Waals surface area contributed by atoms with Crippen LogP contribution in [0.1, 0.15) is 42.5 Å². The first-order chi connectivity index (χ1) is 20.8. The van der Waals surface area contributed by atoms with Crippen LogP contribution in [0.2, 0.25) is 0 Å². The van der Waals surface area contributed by atoms with E-state index in [0.717, 1.165) is 22.8 Å². The van der Waals surface area contributed by atoms with E-state index in [1.807, 2.05) is 0 Å². The molecule has 0 spiro atoms. The predicted octanol–water partition coefficient (Wildman–Crippen LogP) is 6.83. The fourth-order valence-corrected chi connectivity index (χ4v) is 5.01. The minimum Gasteiger partial charge on any atom is -0.378 e. The highest BCUT2D eigenvalue weighted by atomic mass is 19.3. The standard InChI is InChI=1S/C30H22F7N5O2/c1-13(40-21-5-4-20(32)25(33)24(21)27(36)37)17-8-15(31)9-19-18(17)10-22(42(3)29(19)43)14-11-38-28(39-12-14)16-6-7-41(2)30(44)23(16)26(34)35/h4-13,26-27,40H,1-3H3/t13-/m1/s1. The molecule has 0 amide bonds. The second-order valence-electron chi connectivity index (χ2n) is 9.99. The molecule has 0 fully saturated rings. The Hall–Kier alpha value is -5.01. The number of hydrogen-bond donors (Lipinski definition) is 1. The third-order valence-corrected chi connectivity index (χ3v) is 7.26. The van der Waals surface area contributed by atoms with E-state index in [-0.39, 0.29) is 39.0 Å². The van der Waals surface area contributed by atoms with E-state index in [0.29, 0.717) is 6.07 Å². The first-order valence-electron chi connectivity index (χ1n) is 13.0. The molecule has 228 valence electrons. The summed E-state index contributed by atoms with van der Waals surface area (Å²) in [4.78, 5) is 33.9. The Kier molecular flexibility index (Phi) is 8.02. The number of pyridine rings is 2. The molecule has 0 saturated heterocycles. The molecule has 7 nitrogen and oxygen atoms in total. The van der Waals surface area contributed by atoms with Crippen molar-refractivity contribution in [1.82, 2.24) is 19.1 Å². The van der Waals surface area contributed by atoms with E-state index in [4.69, 9.17) is 0 Å². The molecule has 3 aromatic heterocycles. The number of hydrogen-bond acceptors (Lipinski definition) is 5.